The zero-order valence-electron chi connectivity index (χ0n) is 15.5. The van der Waals surface area contributed by atoms with Gasteiger partial charge in [0.25, 0.3) is 0 Å². The highest BCUT2D eigenvalue weighted by Gasteiger charge is 2.39. The number of carbonyl (C=O) groups is 2. The molecule has 0 aliphatic carbocycles. The molecule has 0 spiro atoms. The second kappa shape index (κ2) is 7.63. The SMILES string of the molecule is CC(C)N(C)C(=O)C1CC(=O)N(Cc2cc(C(F)(F)F)cc(C(F)(F)F)c2)C1. The number of alkyl halides is 6. The summed E-state index contributed by atoms with van der Waals surface area (Å²) in [7, 11) is 1.57. The first kappa shape index (κ1) is 22.0. The van der Waals surface area contributed by atoms with E-state index in [-0.39, 0.29) is 36.5 Å². The molecule has 1 fully saturated rings. The molecule has 2 amide bonds. The minimum absolute atomic E-state index is 0.0409. The van der Waals surface area contributed by atoms with E-state index in [2.05, 4.69) is 0 Å². The van der Waals surface area contributed by atoms with Crippen molar-refractivity contribution in [3.8, 4) is 0 Å². The summed E-state index contributed by atoms with van der Waals surface area (Å²) < 4.78 is 77.8. The quantitative estimate of drug-likeness (QED) is 0.706. The van der Waals surface area contributed by atoms with Crippen molar-refractivity contribution in [2.75, 3.05) is 13.6 Å². The topological polar surface area (TPSA) is 40.6 Å². The molecule has 0 radical (unpaired) electrons. The maximum atomic E-state index is 13.0. The van der Waals surface area contributed by atoms with E-state index < -0.39 is 41.8 Å². The number of halogens is 6. The van der Waals surface area contributed by atoms with Crippen LogP contribution in [-0.2, 0) is 28.5 Å². The van der Waals surface area contributed by atoms with Gasteiger partial charge >= 0.3 is 12.4 Å². The Morgan fingerprint density at radius 1 is 1.11 bits per heavy atom. The number of benzene rings is 1. The second-order valence-corrected chi connectivity index (χ2v) is 7.13. The zero-order valence-corrected chi connectivity index (χ0v) is 15.5. The van der Waals surface area contributed by atoms with Gasteiger partial charge in [0.05, 0.1) is 17.0 Å². The van der Waals surface area contributed by atoms with E-state index in [9.17, 15) is 35.9 Å². The average molecular weight is 410 g/mol. The second-order valence-electron chi connectivity index (χ2n) is 7.13. The lowest BCUT2D eigenvalue weighted by Crippen LogP contribution is -2.38. The van der Waals surface area contributed by atoms with Gasteiger partial charge in [-0.3, -0.25) is 9.59 Å². The Hall–Kier alpha value is -2.26. The smallest absolute Gasteiger partial charge is 0.343 e. The minimum Gasteiger partial charge on any atom is -0.343 e. The molecular weight excluding hydrogens is 390 g/mol. The Labute approximate surface area is 158 Å². The number of amides is 2. The van der Waals surface area contributed by atoms with Crippen molar-refractivity contribution in [1.29, 1.82) is 0 Å². The molecular formula is C18H20F6N2O2. The third-order valence-corrected chi connectivity index (χ3v) is 4.71. The Morgan fingerprint density at radius 3 is 2.04 bits per heavy atom. The molecule has 1 aliphatic rings. The fourth-order valence-corrected chi connectivity index (χ4v) is 2.96. The van der Waals surface area contributed by atoms with E-state index in [0.29, 0.717) is 12.1 Å². The summed E-state index contributed by atoms with van der Waals surface area (Å²) in [6.45, 7) is 3.09. The number of nitrogens with zero attached hydrogens (tertiary/aromatic N) is 2. The van der Waals surface area contributed by atoms with Crippen LogP contribution >= 0.6 is 0 Å². The number of likely N-dealkylation sites (tertiary alicyclic amines) is 1. The number of hydrogen-bond donors (Lipinski definition) is 0. The number of carbonyl (C=O) groups excluding carboxylic acids is 2. The van der Waals surface area contributed by atoms with E-state index in [4.69, 9.17) is 0 Å². The summed E-state index contributed by atoms with van der Waals surface area (Å²) in [5.74, 6) is -1.44. The predicted molar refractivity (Wildman–Crippen MR) is 87.9 cm³/mol. The van der Waals surface area contributed by atoms with Crippen LogP contribution in [0.2, 0.25) is 0 Å². The lowest BCUT2D eigenvalue weighted by atomic mass is 10.0. The normalized spacial score (nSPS) is 18.1. The Morgan fingerprint density at radius 2 is 1.61 bits per heavy atom. The summed E-state index contributed by atoms with van der Waals surface area (Å²) in [5.41, 5.74) is -3.16. The minimum atomic E-state index is -4.95. The van der Waals surface area contributed by atoms with Crippen molar-refractivity contribution in [3.63, 3.8) is 0 Å². The third-order valence-electron chi connectivity index (χ3n) is 4.71. The van der Waals surface area contributed by atoms with Crippen LogP contribution in [0.5, 0.6) is 0 Å². The highest BCUT2D eigenvalue weighted by molar-refractivity contribution is 5.89. The van der Waals surface area contributed by atoms with Crippen LogP contribution in [0.25, 0.3) is 0 Å². The fraction of sp³-hybridized carbons (Fsp3) is 0.556. The van der Waals surface area contributed by atoms with Crippen molar-refractivity contribution in [2.45, 2.75) is 45.2 Å². The number of rotatable bonds is 4. The molecule has 1 saturated heterocycles. The van der Waals surface area contributed by atoms with Crippen molar-refractivity contribution in [3.05, 3.63) is 34.9 Å². The maximum Gasteiger partial charge on any atom is 0.416 e. The van der Waals surface area contributed by atoms with Gasteiger partial charge in [0, 0.05) is 32.6 Å². The van der Waals surface area contributed by atoms with Crippen molar-refractivity contribution < 1.29 is 35.9 Å². The molecule has 0 aromatic heterocycles. The van der Waals surface area contributed by atoms with Crippen LogP contribution in [0.15, 0.2) is 18.2 Å². The zero-order chi connectivity index (χ0) is 21.4. The van der Waals surface area contributed by atoms with E-state index >= 15 is 0 Å². The maximum absolute atomic E-state index is 13.0. The van der Waals surface area contributed by atoms with Gasteiger partial charge in [-0.05, 0) is 37.6 Å². The van der Waals surface area contributed by atoms with E-state index in [1.165, 1.54) is 4.90 Å². The monoisotopic (exact) mass is 410 g/mol. The number of hydrogen-bond acceptors (Lipinski definition) is 2. The Bertz CT molecular complexity index is 725. The van der Waals surface area contributed by atoms with Crippen molar-refractivity contribution in [2.24, 2.45) is 5.92 Å². The lowest BCUT2D eigenvalue weighted by molar-refractivity contribution is -0.143. The van der Waals surface area contributed by atoms with Gasteiger partial charge in [-0.1, -0.05) is 0 Å². The molecule has 156 valence electrons. The van der Waals surface area contributed by atoms with Gasteiger partial charge in [-0.2, -0.15) is 26.3 Å². The van der Waals surface area contributed by atoms with Gasteiger partial charge in [0.15, 0.2) is 0 Å². The molecule has 1 unspecified atom stereocenters. The average Bonchev–Trinajstić information content (AvgIpc) is 2.92. The Balaban J connectivity index is 2.25. The van der Waals surface area contributed by atoms with Gasteiger partial charge in [0.1, 0.15) is 0 Å². The molecule has 0 saturated carbocycles. The molecule has 1 heterocycles. The summed E-state index contributed by atoms with van der Waals surface area (Å²) in [4.78, 5) is 27.1. The molecule has 1 aromatic rings. The summed E-state index contributed by atoms with van der Waals surface area (Å²) in [5, 5.41) is 0. The molecule has 4 nitrogen and oxygen atoms in total. The first-order valence-corrected chi connectivity index (χ1v) is 8.53. The molecule has 1 aromatic carbocycles. The van der Waals surface area contributed by atoms with E-state index in [0.717, 1.165) is 4.90 Å². The summed E-state index contributed by atoms with van der Waals surface area (Å²) in [6.07, 6.45) is -10.0. The van der Waals surface area contributed by atoms with Crippen LogP contribution < -0.4 is 0 Å². The van der Waals surface area contributed by atoms with Crippen LogP contribution in [0.1, 0.15) is 37.0 Å². The van der Waals surface area contributed by atoms with Crippen molar-refractivity contribution >= 4 is 11.8 Å². The van der Waals surface area contributed by atoms with E-state index in [1.54, 1.807) is 20.9 Å². The molecule has 0 N–H and O–H groups in total. The predicted octanol–water partition coefficient (Wildman–Crippen LogP) is 3.94. The highest BCUT2D eigenvalue weighted by atomic mass is 19.4. The molecule has 10 heteroatoms. The van der Waals surface area contributed by atoms with Crippen molar-refractivity contribution in [1.82, 2.24) is 9.80 Å². The standard InChI is InChI=1S/C18H20F6N2O2/c1-10(2)25(3)16(28)12-6-15(27)26(9-12)8-11-4-13(17(19,20)21)7-14(5-11)18(22,23)24/h4-5,7,10,12H,6,8-9H2,1-3H3. The lowest BCUT2D eigenvalue weighted by Gasteiger charge is -2.25. The van der Waals surface area contributed by atoms with Gasteiger partial charge < -0.3 is 9.80 Å². The highest BCUT2D eigenvalue weighted by Crippen LogP contribution is 2.37. The first-order valence-electron chi connectivity index (χ1n) is 8.53. The van der Waals surface area contributed by atoms with E-state index in [1.807, 2.05) is 0 Å². The van der Waals surface area contributed by atoms with Crippen LogP contribution in [0, 0.1) is 5.92 Å². The van der Waals surface area contributed by atoms with Crippen LogP contribution in [-0.4, -0.2) is 41.2 Å². The molecule has 1 atom stereocenters. The molecule has 28 heavy (non-hydrogen) atoms. The van der Waals surface area contributed by atoms with Gasteiger partial charge in [-0.25, -0.2) is 0 Å². The summed E-state index contributed by atoms with van der Waals surface area (Å²) >= 11 is 0. The van der Waals surface area contributed by atoms with Gasteiger partial charge in [-0.15, -0.1) is 0 Å². The van der Waals surface area contributed by atoms with Crippen LogP contribution in [0.3, 0.4) is 0 Å². The fourth-order valence-electron chi connectivity index (χ4n) is 2.96. The summed E-state index contributed by atoms with van der Waals surface area (Å²) in [6, 6.07) is 1.13. The largest absolute Gasteiger partial charge is 0.416 e. The molecule has 2 rings (SSSR count). The first-order chi connectivity index (χ1) is 12.7. The molecule has 0 bridgehead atoms. The Kier molecular flexibility index (Phi) is 6.01. The molecule has 1 aliphatic heterocycles. The third kappa shape index (κ3) is 4.96. The van der Waals surface area contributed by atoms with Gasteiger partial charge in [0.2, 0.25) is 11.8 Å². The van der Waals surface area contributed by atoms with Crippen LogP contribution in [0.4, 0.5) is 26.3 Å².